The Morgan fingerprint density at radius 2 is 1.80 bits per heavy atom. The molecule has 0 radical (unpaired) electrons. The summed E-state index contributed by atoms with van der Waals surface area (Å²) in [5.74, 6) is 0. The fraction of sp³-hybridized carbons (Fsp3) is 0. The first kappa shape index (κ1) is 11.7. The molecule has 4 rings (SSSR count). The number of aromatic nitrogens is 3. The Morgan fingerprint density at radius 3 is 2.60 bits per heavy atom. The lowest BCUT2D eigenvalue weighted by Crippen LogP contribution is -1.83. The molecule has 0 atom stereocenters. The number of fused-ring (bicyclic) bond motifs is 1. The predicted molar refractivity (Wildman–Crippen MR) is 84.0 cm³/mol. The minimum Gasteiger partial charge on any atom is -0.265 e. The van der Waals surface area contributed by atoms with Crippen molar-refractivity contribution in [3.8, 4) is 21.7 Å². The highest BCUT2D eigenvalue weighted by molar-refractivity contribution is 7.17. The van der Waals surface area contributed by atoms with Gasteiger partial charge in [-0.1, -0.05) is 0 Å². The van der Waals surface area contributed by atoms with Crippen molar-refractivity contribution in [2.45, 2.75) is 0 Å². The van der Waals surface area contributed by atoms with Crippen LogP contribution in [0.4, 0.5) is 0 Å². The lowest BCUT2D eigenvalue weighted by Gasteiger charge is -2.00. The second-order valence-electron chi connectivity index (χ2n) is 4.31. The fourth-order valence-electron chi connectivity index (χ4n) is 2.13. The molecule has 96 valence electrons. The van der Waals surface area contributed by atoms with Crippen LogP contribution in [0.2, 0.25) is 0 Å². The minimum atomic E-state index is 0.980. The van der Waals surface area contributed by atoms with Gasteiger partial charge in [0.15, 0.2) is 0 Å². The summed E-state index contributed by atoms with van der Waals surface area (Å²) in [6, 6.07) is 10.2. The van der Waals surface area contributed by atoms with Crippen molar-refractivity contribution in [3.63, 3.8) is 0 Å². The topological polar surface area (TPSA) is 38.7 Å². The maximum Gasteiger partial charge on any atom is 0.0895 e. The van der Waals surface area contributed by atoms with Gasteiger partial charge in [-0.05, 0) is 47.4 Å². The largest absolute Gasteiger partial charge is 0.265 e. The van der Waals surface area contributed by atoms with E-state index in [1.165, 1.54) is 21.8 Å². The third-order valence-electron chi connectivity index (χ3n) is 3.10. The summed E-state index contributed by atoms with van der Waals surface area (Å²) in [5, 5.41) is 2.16. The SMILES string of the molecule is c1cc(-c2csc3ccc(-c4ccns4)nc23)ccn1. The monoisotopic (exact) mass is 295 g/mol. The summed E-state index contributed by atoms with van der Waals surface area (Å²) < 4.78 is 5.34. The van der Waals surface area contributed by atoms with Crippen LogP contribution >= 0.6 is 22.9 Å². The molecule has 0 aliphatic carbocycles. The normalized spacial score (nSPS) is 11.0. The molecule has 20 heavy (non-hydrogen) atoms. The first-order valence-corrected chi connectivity index (χ1v) is 7.77. The molecule has 0 amide bonds. The van der Waals surface area contributed by atoms with Crippen LogP contribution in [0, 0.1) is 0 Å². The Hall–Kier alpha value is -2.11. The van der Waals surface area contributed by atoms with Gasteiger partial charge in [-0.3, -0.25) is 4.98 Å². The van der Waals surface area contributed by atoms with Crippen LogP contribution in [0.1, 0.15) is 0 Å². The van der Waals surface area contributed by atoms with Gasteiger partial charge < -0.3 is 0 Å². The molecule has 0 saturated carbocycles. The lowest BCUT2D eigenvalue weighted by atomic mass is 10.1. The van der Waals surface area contributed by atoms with Crippen LogP contribution in [0.15, 0.2) is 54.3 Å². The van der Waals surface area contributed by atoms with Crippen molar-refractivity contribution >= 4 is 33.1 Å². The molecule has 0 bridgehead atoms. The van der Waals surface area contributed by atoms with Gasteiger partial charge in [0.2, 0.25) is 0 Å². The van der Waals surface area contributed by atoms with E-state index in [4.69, 9.17) is 4.98 Å². The van der Waals surface area contributed by atoms with E-state index in [1.54, 1.807) is 11.3 Å². The average molecular weight is 295 g/mol. The molecular formula is C15H9N3S2. The van der Waals surface area contributed by atoms with Crippen molar-refractivity contribution in [2.75, 3.05) is 0 Å². The van der Waals surface area contributed by atoms with Gasteiger partial charge in [0, 0.05) is 29.5 Å². The van der Waals surface area contributed by atoms with Crippen LogP contribution in [0.25, 0.3) is 31.9 Å². The maximum absolute atomic E-state index is 4.81. The van der Waals surface area contributed by atoms with E-state index in [2.05, 4.69) is 26.9 Å². The molecule has 0 aliphatic heterocycles. The molecule has 0 saturated heterocycles. The van der Waals surface area contributed by atoms with Gasteiger partial charge in [-0.25, -0.2) is 9.36 Å². The second kappa shape index (κ2) is 4.77. The molecule has 4 aromatic rings. The molecule has 0 fully saturated rings. The van der Waals surface area contributed by atoms with Crippen LogP contribution < -0.4 is 0 Å². The zero-order valence-corrected chi connectivity index (χ0v) is 12.0. The fourth-order valence-corrected chi connectivity index (χ4v) is 3.60. The molecule has 0 spiro atoms. The molecule has 3 nitrogen and oxygen atoms in total. The number of rotatable bonds is 2. The quantitative estimate of drug-likeness (QED) is 0.547. The zero-order chi connectivity index (χ0) is 13.4. The van der Waals surface area contributed by atoms with Crippen LogP contribution in [0.3, 0.4) is 0 Å². The first-order valence-electron chi connectivity index (χ1n) is 6.11. The van der Waals surface area contributed by atoms with Crippen molar-refractivity contribution in [2.24, 2.45) is 0 Å². The molecule has 4 aromatic heterocycles. The highest BCUT2D eigenvalue weighted by atomic mass is 32.1. The van der Waals surface area contributed by atoms with Crippen molar-refractivity contribution < 1.29 is 0 Å². The van der Waals surface area contributed by atoms with Gasteiger partial charge >= 0.3 is 0 Å². The molecular weight excluding hydrogens is 286 g/mol. The van der Waals surface area contributed by atoms with E-state index in [0.717, 1.165) is 21.7 Å². The average Bonchev–Trinajstić information content (AvgIpc) is 3.17. The van der Waals surface area contributed by atoms with Crippen LogP contribution in [0.5, 0.6) is 0 Å². The molecule has 0 unspecified atom stereocenters. The number of pyridine rings is 2. The molecule has 0 aliphatic rings. The van der Waals surface area contributed by atoms with Crippen LogP contribution in [-0.2, 0) is 0 Å². The third-order valence-corrected chi connectivity index (χ3v) is 4.80. The Morgan fingerprint density at radius 1 is 0.900 bits per heavy atom. The number of nitrogens with zero attached hydrogens (tertiary/aromatic N) is 3. The van der Waals surface area contributed by atoms with E-state index in [1.807, 2.05) is 36.8 Å². The van der Waals surface area contributed by atoms with Crippen molar-refractivity contribution in [1.29, 1.82) is 0 Å². The minimum absolute atomic E-state index is 0.980. The Labute approximate surface area is 123 Å². The van der Waals surface area contributed by atoms with Gasteiger partial charge in [0.25, 0.3) is 0 Å². The maximum atomic E-state index is 4.81. The Balaban J connectivity index is 1.93. The van der Waals surface area contributed by atoms with E-state index >= 15 is 0 Å². The molecule has 4 heterocycles. The molecule has 5 heteroatoms. The van der Waals surface area contributed by atoms with Crippen LogP contribution in [-0.4, -0.2) is 14.3 Å². The standard InChI is InChI=1S/C15H9N3S2/c1-2-14-15(18-12(1)13-5-8-17-20-13)11(9-19-14)10-3-6-16-7-4-10/h1-9H. The van der Waals surface area contributed by atoms with E-state index in [0.29, 0.717) is 0 Å². The lowest BCUT2D eigenvalue weighted by molar-refractivity contribution is 1.33. The first-order chi connectivity index (χ1) is 9.92. The summed E-state index contributed by atoms with van der Waals surface area (Å²) >= 11 is 3.19. The summed E-state index contributed by atoms with van der Waals surface area (Å²) in [4.78, 5) is 9.98. The van der Waals surface area contributed by atoms with Gasteiger partial charge in [0.1, 0.15) is 0 Å². The smallest absolute Gasteiger partial charge is 0.0895 e. The predicted octanol–water partition coefficient (Wildman–Crippen LogP) is 4.48. The summed E-state index contributed by atoms with van der Waals surface area (Å²) in [7, 11) is 0. The van der Waals surface area contributed by atoms with Gasteiger partial charge in [-0.2, -0.15) is 0 Å². The second-order valence-corrected chi connectivity index (χ2v) is 6.05. The molecule has 0 N–H and O–H groups in total. The molecule has 0 aromatic carbocycles. The summed E-state index contributed by atoms with van der Waals surface area (Å²) in [6.07, 6.45) is 5.43. The highest BCUT2D eigenvalue weighted by Crippen LogP contribution is 2.34. The number of thiophene rings is 1. The van der Waals surface area contributed by atoms with E-state index < -0.39 is 0 Å². The van der Waals surface area contributed by atoms with Crippen molar-refractivity contribution in [3.05, 3.63) is 54.3 Å². The number of hydrogen-bond acceptors (Lipinski definition) is 5. The van der Waals surface area contributed by atoms with E-state index in [-0.39, 0.29) is 0 Å². The third kappa shape index (κ3) is 1.92. The summed E-state index contributed by atoms with van der Waals surface area (Å²) in [5.41, 5.74) is 4.35. The Kier molecular flexibility index (Phi) is 2.79. The van der Waals surface area contributed by atoms with E-state index in [9.17, 15) is 0 Å². The Bertz CT molecular complexity index is 851. The van der Waals surface area contributed by atoms with Gasteiger partial charge in [-0.15, -0.1) is 11.3 Å². The summed E-state index contributed by atoms with van der Waals surface area (Å²) in [6.45, 7) is 0. The highest BCUT2D eigenvalue weighted by Gasteiger charge is 2.10. The van der Waals surface area contributed by atoms with Crippen molar-refractivity contribution in [1.82, 2.24) is 14.3 Å². The van der Waals surface area contributed by atoms with Gasteiger partial charge in [0.05, 0.1) is 20.8 Å². The zero-order valence-electron chi connectivity index (χ0n) is 10.4. The number of hydrogen-bond donors (Lipinski definition) is 0.